The van der Waals surface area contributed by atoms with Gasteiger partial charge in [0.2, 0.25) is 0 Å². The van der Waals surface area contributed by atoms with Gasteiger partial charge in [0, 0.05) is 38.1 Å². The summed E-state index contributed by atoms with van der Waals surface area (Å²) in [5, 5.41) is 2.98. The molecule has 1 saturated carbocycles. The second kappa shape index (κ2) is 7.94. The van der Waals surface area contributed by atoms with Gasteiger partial charge in [0.1, 0.15) is 5.82 Å². The minimum absolute atomic E-state index is 0.176. The van der Waals surface area contributed by atoms with Crippen molar-refractivity contribution in [3.8, 4) is 0 Å². The summed E-state index contributed by atoms with van der Waals surface area (Å²) in [7, 11) is 0. The number of benzene rings is 1. The average molecular weight is 368 g/mol. The van der Waals surface area contributed by atoms with E-state index in [4.69, 9.17) is 0 Å². The van der Waals surface area contributed by atoms with Gasteiger partial charge in [-0.1, -0.05) is 6.07 Å². The number of hydrogen-bond acceptors (Lipinski definition) is 3. The second-order valence-electron chi connectivity index (χ2n) is 7.36. The Kier molecular flexibility index (Phi) is 5.23. The molecule has 142 valence electrons. The Morgan fingerprint density at radius 3 is 2.74 bits per heavy atom. The first-order valence-corrected chi connectivity index (χ1v) is 9.72. The quantitative estimate of drug-likeness (QED) is 0.851. The van der Waals surface area contributed by atoms with Crippen LogP contribution in [0.1, 0.15) is 37.7 Å². The monoisotopic (exact) mass is 368 g/mol. The number of nitrogens with one attached hydrogen (secondary N) is 1. The normalized spacial score (nSPS) is 16.9. The van der Waals surface area contributed by atoms with Gasteiger partial charge in [0.15, 0.2) is 0 Å². The molecule has 0 bridgehead atoms. The summed E-state index contributed by atoms with van der Waals surface area (Å²) < 4.78 is 13.9. The zero-order chi connectivity index (χ0) is 18.6. The van der Waals surface area contributed by atoms with Gasteiger partial charge in [-0.05, 0) is 61.9 Å². The summed E-state index contributed by atoms with van der Waals surface area (Å²) in [5.74, 6) is -0.337. The molecular weight excluding hydrogens is 343 g/mol. The van der Waals surface area contributed by atoms with Crippen molar-refractivity contribution in [1.29, 1.82) is 0 Å². The average Bonchev–Trinajstić information content (AvgIpc) is 3.53. The van der Waals surface area contributed by atoms with Crippen LogP contribution in [0.2, 0.25) is 0 Å². The van der Waals surface area contributed by atoms with Crippen molar-refractivity contribution in [2.75, 3.05) is 23.3 Å². The van der Waals surface area contributed by atoms with E-state index in [0.29, 0.717) is 12.2 Å². The van der Waals surface area contributed by atoms with Crippen molar-refractivity contribution in [3.63, 3.8) is 0 Å². The third kappa shape index (κ3) is 4.38. The van der Waals surface area contributed by atoms with E-state index in [0.717, 1.165) is 50.0 Å². The molecule has 6 heteroatoms. The van der Waals surface area contributed by atoms with Gasteiger partial charge in [-0.3, -0.25) is 4.98 Å². The van der Waals surface area contributed by atoms with Crippen molar-refractivity contribution < 1.29 is 9.18 Å². The van der Waals surface area contributed by atoms with Crippen molar-refractivity contribution in [2.45, 2.75) is 44.7 Å². The fraction of sp³-hybridized carbons (Fsp3) is 0.429. The third-order valence-electron chi connectivity index (χ3n) is 5.22. The lowest BCUT2D eigenvalue weighted by atomic mass is 10.1. The molecule has 2 fully saturated rings. The van der Waals surface area contributed by atoms with E-state index in [9.17, 15) is 9.18 Å². The SMILES string of the molecule is O=C(Nc1cc(F)ccc1N1CCCCC1)N(Cc1cccnc1)C1CC1. The fourth-order valence-corrected chi connectivity index (χ4v) is 3.65. The second-order valence-corrected chi connectivity index (χ2v) is 7.36. The molecular formula is C21H25FN4O. The Balaban J connectivity index is 1.53. The van der Waals surface area contributed by atoms with Crippen LogP contribution in [-0.4, -0.2) is 35.0 Å². The molecule has 2 amide bonds. The summed E-state index contributed by atoms with van der Waals surface area (Å²) in [5.41, 5.74) is 2.45. The van der Waals surface area contributed by atoms with Crippen molar-refractivity contribution in [1.82, 2.24) is 9.88 Å². The van der Waals surface area contributed by atoms with Crippen LogP contribution in [-0.2, 0) is 6.54 Å². The first kappa shape index (κ1) is 17.8. The summed E-state index contributed by atoms with van der Waals surface area (Å²) in [6, 6.07) is 8.59. The maximum Gasteiger partial charge on any atom is 0.322 e. The lowest BCUT2D eigenvalue weighted by Gasteiger charge is -2.31. The van der Waals surface area contributed by atoms with E-state index in [1.807, 2.05) is 17.0 Å². The number of piperidine rings is 1. The smallest absolute Gasteiger partial charge is 0.322 e. The lowest BCUT2D eigenvalue weighted by Crippen LogP contribution is -2.37. The van der Waals surface area contributed by atoms with Crippen LogP contribution in [0.3, 0.4) is 0 Å². The molecule has 1 aromatic carbocycles. The molecule has 27 heavy (non-hydrogen) atoms. The zero-order valence-corrected chi connectivity index (χ0v) is 15.4. The maximum absolute atomic E-state index is 13.9. The van der Waals surface area contributed by atoms with E-state index < -0.39 is 0 Å². The van der Waals surface area contributed by atoms with Gasteiger partial charge in [0.25, 0.3) is 0 Å². The number of halogens is 1. The van der Waals surface area contributed by atoms with E-state index in [1.165, 1.54) is 18.6 Å². The third-order valence-corrected chi connectivity index (χ3v) is 5.22. The van der Waals surface area contributed by atoms with Gasteiger partial charge in [-0.25, -0.2) is 9.18 Å². The molecule has 5 nitrogen and oxygen atoms in total. The predicted molar refractivity (Wildman–Crippen MR) is 104 cm³/mol. The molecule has 0 spiro atoms. The van der Waals surface area contributed by atoms with Gasteiger partial charge in [0.05, 0.1) is 11.4 Å². The summed E-state index contributed by atoms with van der Waals surface area (Å²) in [6.07, 6.45) is 9.00. The molecule has 1 aromatic heterocycles. The molecule has 0 radical (unpaired) electrons. The van der Waals surface area contributed by atoms with E-state index in [2.05, 4.69) is 15.2 Å². The number of urea groups is 1. The first-order chi connectivity index (χ1) is 13.2. The molecule has 2 heterocycles. The van der Waals surface area contributed by atoms with Crippen molar-refractivity contribution in [2.24, 2.45) is 0 Å². The minimum atomic E-state index is -0.337. The molecule has 2 aliphatic rings. The summed E-state index contributed by atoms with van der Waals surface area (Å²) >= 11 is 0. The summed E-state index contributed by atoms with van der Waals surface area (Å²) in [4.78, 5) is 21.2. The number of rotatable bonds is 5. The fourth-order valence-electron chi connectivity index (χ4n) is 3.65. The van der Waals surface area contributed by atoms with Gasteiger partial charge in [-0.15, -0.1) is 0 Å². The first-order valence-electron chi connectivity index (χ1n) is 9.72. The molecule has 0 atom stereocenters. The highest BCUT2D eigenvalue weighted by molar-refractivity contribution is 5.93. The van der Waals surface area contributed by atoms with Crippen LogP contribution >= 0.6 is 0 Å². The number of nitrogens with zero attached hydrogens (tertiary/aromatic N) is 3. The van der Waals surface area contributed by atoms with E-state index in [1.54, 1.807) is 18.5 Å². The Bertz CT molecular complexity index is 788. The largest absolute Gasteiger partial charge is 0.370 e. The number of amides is 2. The number of pyridine rings is 1. The number of anilines is 2. The number of hydrogen-bond donors (Lipinski definition) is 1. The topological polar surface area (TPSA) is 48.5 Å². The van der Waals surface area contributed by atoms with E-state index in [-0.39, 0.29) is 17.9 Å². The van der Waals surface area contributed by atoms with Gasteiger partial charge >= 0.3 is 6.03 Å². The molecule has 1 saturated heterocycles. The number of carbonyl (C=O) groups excluding carboxylic acids is 1. The standard InChI is InChI=1S/C21H25FN4O/c22-17-6-9-20(25-11-2-1-3-12-25)19(13-17)24-21(27)26(18-7-8-18)15-16-5-4-10-23-14-16/h4-6,9-10,13-14,18H,1-3,7-8,11-12,15H2,(H,24,27). The van der Waals surface area contributed by atoms with Crippen molar-refractivity contribution in [3.05, 3.63) is 54.1 Å². The molecule has 0 unspecified atom stereocenters. The van der Waals surface area contributed by atoms with Crippen LogP contribution in [0.25, 0.3) is 0 Å². The van der Waals surface area contributed by atoms with Crippen LogP contribution in [0.4, 0.5) is 20.6 Å². The van der Waals surface area contributed by atoms with Crippen LogP contribution in [0.5, 0.6) is 0 Å². The number of carbonyl (C=O) groups is 1. The highest BCUT2D eigenvalue weighted by Gasteiger charge is 2.33. The van der Waals surface area contributed by atoms with Crippen LogP contribution in [0, 0.1) is 5.82 Å². The Morgan fingerprint density at radius 1 is 1.22 bits per heavy atom. The Hall–Kier alpha value is -2.63. The lowest BCUT2D eigenvalue weighted by molar-refractivity contribution is 0.206. The zero-order valence-electron chi connectivity index (χ0n) is 15.4. The Morgan fingerprint density at radius 2 is 2.04 bits per heavy atom. The molecule has 1 aliphatic heterocycles. The van der Waals surface area contributed by atoms with Gasteiger partial charge < -0.3 is 15.1 Å². The predicted octanol–water partition coefficient (Wildman–Crippen LogP) is 4.41. The summed E-state index contributed by atoms with van der Waals surface area (Å²) in [6.45, 7) is 2.39. The van der Waals surface area contributed by atoms with Gasteiger partial charge in [-0.2, -0.15) is 0 Å². The minimum Gasteiger partial charge on any atom is -0.370 e. The van der Waals surface area contributed by atoms with Crippen LogP contribution < -0.4 is 10.2 Å². The highest BCUT2D eigenvalue weighted by atomic mass is 19.1. The Labute approximate surface area is 159 Å². The highest BCUT2D eigenvalue weighted by Crippen LogP contribution is 2.32. The molecule has 2 aromatic rings. The van der Waals surface area contributed by atoms with Crippen molar-refractivity contribution >= 4 is 17.4 Å². The molecule has 1 aliphatic carbocycles. The number of aromatic nitrogens is 1. The van der Waals surface area contributed by atoms with Crippen LogP contribution in [0.15, 0.2) is 42.7 Å². The van der Waals surface area contributed by atoms with E-state index >= 15 is 0 Å². The molecule has 1 N–H and O–H groups in total. The maximum atomic E-state index is 13.9. The molecule has 4 rings (SSSR count).